The lowest BCUT2D eigenvalue weighted by Crippen LogP contribution is -2.52. The number of ether oxygens (including phenoxy) is 1. The Morgan fingerprint density at radius 3 is 2.62 bits per heavy atom. The fraction of sp³-hybridized carbons (Fsp3) is 0.500. The topological polar surface area (TPSA) is 76.4 Å². The number of aryl methyl sites for hydroxylation is 1. The van der Waals surface area contributed by atoms with E-state index in [-0.39, 0.29) is 11.1 Å². The van der Waals surface area contributed by atoms with E-state index in [9.17, 15) is 9.90 Å². The Bertz CT molecular complexity index is 876. The number of aliphatic carboxylic acids is 1. The number of imidazole rings is 1. The molecular formula is C20H27N3O3. The second-order valence-electron chi connectivity index (χ2n) is 7.44. The highest BCUT2D eigenvalue weighted by atomic mass is 16.5. The van der Waals surface area contributed by atoms with Crippen LogP contribution in [0.15, 0.2) is 17.7 Å². The monoisotopic (exact) mass is 357 g/mol. The zero-order valence-corrected chi connectivity index (χ0v) is 16.1. The van der Waals surface area contributed by atoms with Crippen LogP contribution in [-0.4, -0.2) is 33.8 Å². The van der Waals surface area contributed by atoms with Crippen molar-refractivity contribution in [1.82, 2.24) is 14.9 Å². The molecule has 0 saturated heterocycles. The molecule has 1 aromatic carbocycles. The molecule has 1 saturated carbocycles. The van der Waals surface area contributed by atoms with Gasteiger partial charge in [-0.05, 0) is 52.2 Å². The van der Waals surface area contributed by atoms with Crippen LogP contribution >= 0.6 is 0 Å². The SMILES string of the molecule is COc1cc2nc(C3(NC(C)C)CCC3)n(C)c2cc1/C=C(\C)C(=O)O. The van der Waals surface area contributed by atoms with E-state index in [1.165, 1.54) is 6.42 Å². The highest BCUT2D eigenvalue weighted by Gasteiger charge is 2.42. The lowest BCUT2D eigenvalue weighted by Gasteiger charge is -2.43. The predicted molar refractivity (Wildman–Crippen MR) is 102 cm³/mol. The van der Waals surface area contributed by atoms with Crippen molar-refractivity contribution in [2.24, 2.45) is 7.05 Å². The summed E-state index contributed by atoms with van der Waals surface area (Å²) in [5.41, 5.74) is 2.77. The third kappa shape index (κ3) is 3.09. The summed E-state index contributed by atoms with van der Waals surface area (Å²) in [5.74, 6) is 0.722. The summed E-state index contributed by atoms with van der Waals surface area (Å²) in [7, 11) is 3.61. The second kappa shape index (κ2) is 6.76. The molecule has 6 heteroatoms. The van der Waals surface area contributed by atoms with Crippen LogP contribution in [0.25, 0.3) is 17.1 Å². The number of rotatable bonds is 6. The lowest BCUT2D eigenvalue weighted by atomic mass is 9.75. The average Bonchev–Trinajstić information content (AvgIpc) is 2.86. The second-order valence-corrected chi connectivity index (χ2v) is 7.44. The Labute approximate surface area is 153 Å². The highest BCUT2D eigenvalue weighted by Crippen LogP contribution is 2.42. The molecule has 0 amide bonds. The van der Waals surface area contributed by atoms with Crippen LogP contribution in [-0.2, 0) is 17.4 Å². The minimum Gasteiger partial charge on any atom is -0.496 e. The van der Waals surface area contributed by atoms with Crippen molar-refractivity contribution in [3.8, 4) is 5.75 Å². The number of carbonyl (C=O) groups is 1. The summed E-state index contributed by atoms with van der Waals surface area (Å²) in [6.07, 6.45) is 4.98. The highest BCUT2D eigenvalue weighted by molar-refractivity contribution is 5.93. The molecule has 1 aromatic heterocycles. The Morgan fingerprint density at radius 1 is 1.42 bits per heavy atom. The zero-order valence-electron chi connectivity index (χ0n) is 16.1. The zero-order chi connectivity index (χ0) is 19.1. The molecule has 1 aliphatic carbocycles. The number of carboxylic acid groups (broad SMARTS) is 1. The summed E-state index contributed by atoms with van der Waals surface area (Å²) in [5, 5.41) is 12.9. The summed E-state index contributed by atoms with van der Waals surface area (Å²) < 4.78 is 7.59. The fourth-order valence-corrected chi connectivity index (χ4v) is 3.76. The number of aromatic nitrogens is 2. The molecule has 1 fully saturated rings. The first-order chi connectivity index (χ1) is 12.3. The van der Waals surface area contributed by atoms with Crippen LogP contribution in [0.5, 0.6) is 5.75 Å². The fourth-order valence-electron chi connectivity index (χ4n) is 3.76. The number of carboxylic acids is 1. The van der Waals surface area contributed by atoms with Crippen molar-refractivity contribution >= 4 is 23.1 Å². The molecule has 26 heavy (non-hydrogen) atoms. The number of methoxy groups -OCH3 is 1. The van der Waals surface area contributed by atoms with E-state index in [2.05, 4.69) is 23.7 Å². The Balaban J connectivity index is 2.14. The average molecular weight is 357 g/mol. The molecule has 1 aliphatic rings. The van der Waals surface area contributed by atoms with Gasteiger partial charge >= 0.3 is 5.97 Å². The quantitative estimate of drug-likeness (QED) is 0.775. The number of fused-ring (bicyclic) bond motifs is 1. The molecule has 140 valence electrons. The van der Waals surface area contributed by atoms with Crippen LogP contribution in [0.3, 0.4) is 0 Å². The Hall–Kier alpha value is -2.34. The van der Waals surface area contributed by atoms with Gasteiger partial charge in [0.2, 0.25) is 0 Å². The van der Waals surface area contributed by atoms with Gasteiger partial charge in [0.25, 0.3) is 0 Å². The molecule has 2 aromatic rings. The first-order valence-electron chi connectivity index (χ1n) is 9.01. The minimum atomic E-state index is -0.938. The van der Waals surface area contributed by atoms with Gasteiger partial charge in [0.1, 0.15) is 11.6 Å². The van der Waals surface area contributed by atoms with Gasteiger partial charge in [0, 0.05) is 30.3 Å². The number of hydrogen-bond donors (Lipinski definition) is 2. The maximum atomic E-state index is 11.2. The molecule has 6 nitrogen and oxygen atoms in total. The third-order valence-electron chi connectivity index (χ3n) is 5.14. The molecular weight excluding hydrogens is 330 g/mol. The van der Waals surface area contributed by atoms with Crippen molar-refractivity contribution < 1.29 is 14.6 Å². The molecule has 0 bridgehead atoms. The molecule has 0 unspecified atom stereocenters. The van der Waals surface area contributed by atoms with Crippen LogP contribution < -0.4 is 10.1 Å². The minimum absolute atomic E-state index is 0.0812. The van der Waals surface area contributed by atoms with Gasteiger partial charge < -0.3 is 19.7 Å². The van der Waals surface area contributed by atoms with E-state index in [0.29, 0.717) is 11.8 Å². The molecule has 0 atom stereocenters. The molecule has 0 aliphatic heterocycles. The Morgan fingerprint density at radius 2 is 2.12 bits per heavy atom. The molecule has 2 N–H and O–H groups in total. The van der Waals surface area contributed by atoms with E-state index in [1.807, 2.05) is 19.2 Å². The lowest BCUT2D eigenvalue weighted by molar-refractivity contribution is -0.132. The maximum absolute atomic E-state index is 11.2. The maximum Gasteiger partial charge on any atom is 0.331 e. The largest absolute Gasteiger partial charge is 0.496 e. The normalized spacial score (nSPS) is 16.8. The van der Waals surface area contributed by atoms with E-state index in [1.54, 1.807) is 20.1 Å². The van der Waals surface area contributed by atoms with E-state index < -0.39 is 5.97 Å². The standard InChI is InChI=1S/C20H27N3O3/c1-12(2)22-20(7-6-8-20)19-21-15-11-17(26-5)14(9-13(3)18(24)25)10-16(15)23(19)4/h9-12,22H,6-8H2,1-5H3,(H,24,25)/b13-9+. The smallest absolute Gasteiger partial charge is 0.331 e. The van der Waals surface area contributed by atoms with Crippen molar-refractivity contribution in [2.75, 3.05) is 7.11 Å². The van der Waals surface area contributed by atoms with Gasteiger partial charge in [-0.3, -0.25) is 0 Å². The van der Waals surface area contributed by atoms with Gasteiger partial charge in [0.05, 0.1) is 23.7 Å². The summed E-state index contributed by atoms with van der Waals surface area (Å²) >= 11 is 0. The van der Waals surface area contributed by atoms with Crippen molar-refractivity contribution in [2.45, 2.75) is 51.6 Å². The third-order valence-corrected chi connectivity index (χ3v) is 5.14. The van der Waals surface area contributed by atoms with Gasteiger partial charge in [-0.2, -0.15) is 0 Å². The van der Waals surface area contributed by atoms with Crippen molar-refractivity contribution in [3.05, 3.63) is 29.1 Å². The molecule has 3 rings (SSSR count). The Kier molecular flexibility index (Phi) is 4.80. The van der Waals surface area contributed by atoms with Crippen LogP contribution in [0.2, 0.25) is 0 Å². The number of benzene rings is 1. The van der Waals surface area contributed by atoms with Gasteiger partial charge in [-0.15, -0.1) is 0 Å². The first-order valence-corrected chi connectivity index (χ1v) is 9.01. The van der Waals surface area contributed by atoms with E-state index in [0.717, 1.165) is 35.3 Å². The van der Waals surface area contributed by atoms with Crippen LogP contribution in [0, 0.1) is 0 Å². The summed E-state index contributed by atoms with van der Waals surface area (Å²) in [6.45, 7) is 5.89. The summed E-state index contributed by atoms with van der Waals surface area (Å²) in [4.78, 5) is 16.1. The predicted octanol–water partition coefficient (Wildman–Crippen LogP) is 3.45. The van der Waals surface area contributed by atoms with Gasteiger partial charge in [0.15, 0.2) is 0 Å². The number of nitrogens with one attached hydrogen (secondary N) is 1. The first kappa shape index (κ1) is 18.5. The molecule has 0 spiro atoms. The van der Waals surface area contributed by atoms with Gasteiger partial charge in [-0.1, -0.05) is 0 Å². The molecule has 1 heterocycles. The van der Waals surface area contributed by atoms with E-state index >= 15 is 0 Å². The van der Waals surface area contributed by atoms with Crippen molar-refractivity contribution in [1.29, 1.82) is 0 Å². The van der Waals surface area contributed by atoms with Gasteiger partial charge in [-0.25, -0.2) is 9.78 Å². The summed E-state index contributed by atoms with van der Waals surface area (Å²) in [6, 6.07) is 4.22. The van der Waals surface area contributed by atoms with E-state index in [4.69, 9.17) is 9.72 Å². The van der Waals surface area contributed by atoms with Crippen molar-refractivity contribution in [3.63, 3.8) is 0 Å². The molecule has 0 radical (unpaired) electrons. The number of hydrogen-bond acceptors (Lipinski definition) is 4. The number of nitrogens with zero attached hydrogens (tertiary/aromatic N) is 2. The van der Waals surface area contributed by atoms with Crippen LogP contribution in [0.4, 0.5) is 0 Å². The van der Waals surface area contributed by atoms with Crippen LogP contribution in [0.1, 0.15) is 51.4 Å².